The quantitative estimate of drug-likeness (QED) is 0.566. The van der Waals surface area contributed by atoms with Gasteiger partial charge in [-0.15, -0.1) is 0 Å². The van der Waals surface area contributed by atoms with Gasteiger partial charge in [0.15, 0.2) is 5.78 Å². The topological polar surface area (TPSA) is 29.1 Å². The Kier molecular flexibility index (Phi) is 6.25. The van der Waals surface area contributed by atoms with Gasteiger partial charge in [-0.25, -0.2) is 0 Å². The number of carbonyl (C=O) groups is 1. The lowest BCUT2D eigenvalue weighted by Gasteiger charge is -2.19. The van der Waals surface area contributed by atoms with Gasteiger partial charge >= 0.3 is 0 Å². The van der Waals surface area contributed by atoms with Crippen LogP contribution in [0.15, 0.2) is 18.2 Å². The van der Waals surface area contributed by atoms with Gasteiger partial charge in [-0.3, -0.25) is 4.79 Å². The summed E-state index contributed by atoms with van der Waals surface area (Å²) in [5.74, 6) is 0.347. The molecule has 1 aromatic rings. The molecule has 1 aromatic carbocycles. The lowest BCUT2D eigenvalue weighted by Crippen LogP contribution is -2.25. The van der Waals surface area contributed by atoms with Crippen LogP contribution in [0.3, 0.4) is 0 Å². The van der Waals surface area contributed by atoms with Crippen LogP contribution in [0, 0.1) is 0 Å². The van der Waals surface area contributed by atoms with Crippen molar-refractivity contribution in [2.75, 3.05) is 6.54 Å². The molecular weight excluding hydrogens is 246 g/mol. The second-order valence-electron chi connectivity index (χ2n) is 5.81. The van der Waals surface area contributed by atoms with Crippen LogP contribution < -0.4 is 5.32 Å². The first-order valence-electron chi connectivity index (χ1n) is 8.17. The molecule has 0 amide bonds. The fourth-order valence-corrected chi connectivity index (χ4v) is 2.99. The highest BCUT2D eigenvalue weighted by Crippen LogP contribution is 2.21. The van der Waals surface area contributed by atoms with E-state index >= 15 is 0 Å². The fraction of sp³-hybridized carbons (Fsp3) is 0.611. The maximum Gasteiger partial charge on any atom is 0.163 e. The Morgan fingerprint density at radius 2 is 1.95 bits per heavy atom. The minimum atomic E-state index is 0.347. The van der Waals surface area contributed by atoms with Crippen molar-refractivity contribution >= 4 is 5.78 Å². The van der Waals surface area contributed by atoms with E-state index < -0.39 is 0 Å². The van der Waals surface area contributed by atoms with Crippen LogP contribution >= 0.6 is 0 Å². The zero-order valence-electron chi connectivity index (χ0n) is 12.7. The molecule has 2 heteroatoms. The Balaban J connectivity index is 1.83. The van der Waals surface area contributed by atoms with Crippen molar-refractivity contribution in [3.8, 4) is 0 Å². The molecule has 110 valence electrons. The van der Waals surface area contributed by atoms with E-state index in [1.54, 1.807) is 0 Å². The van der Waals surface area contributed by atoms with Crippen molar-refractivity contribution < 1.29 is 4.79 Å². The van der Waals surface area contributed by atoms with Crippen LogP contribution in [0.2, 0.25) is 0 Å². The summed E-state index contributed by atoms with van der Waals surface area (Å²) >= 11 is 0. The predicted molar refractivity (Wildman–Crippen MR) is 84.2 cm³/mol. The molecule has 0 bridgehead atoms. The molecule has 2 rings (SSSR count). The van der Waals surface area contributed by atoms with Crippen molar-refractivity contribution in [2.24, 2.45) is 0 Å². The van der Waals surface area contributed by atoms with E-state index in [-0.39, 0.29) is 0 Å². The van der Waals surface area contributed by atoms with Crippen molar-refractivity contribution in [1.29, 1.82) is 0 Å². The Bertz CT molecular complexity index is 439. The summed E-state index contributed by atoms with van der Waals surface area (Å²) in [5, 5.41) is 3.37. The van der Waals surface area contributed by atoms with Crippen LogP contribution in [-0.2, 0) is 13.0 Å². The molecule has 1 heterocycles. The van der Waals surface area contributed by atoms with Gasteiger partial charge in [-0.2, -0.15) is 0 Å². The highest BCUT2D eigenvalue weighted by atomic mass is 16.1. The van der Waals surface area contributed by atoms with E-state index in [0.717, 1.165) is 37.9 Å². The van der Waals surface area contributed by atoms with Crippen molar-refractivity contribution in [3.05, 3.63) is 34.9 Å². The van der Waals surface area contributed by atoms with Crippen LogP contribution in [0.1, 0.15) is 73.4 Å². The first-order valence-corrected chi connectivity index (χ1v) is 8.17. The van der Waals surface area contributed by atoms with Crippen LogP contribution in [0.25, 0.3) is 0 Å². The van der Waals surface area contributed by atoms with Crippen molar-refractivity contribution in [1.82, 2.24) is 5.32 Å². The number of hydrogen-bond donors (Lipinski definition) is 1. The summed E-state index contributed by atoms with van der Waals surface area (Å²) in [5.41, 5.74) is 3.59. The molecule has 0 spiro atoms. The zero-order valence-corrected chi connectivity index (χ0v) is 12.7. The number of nitrogens with one attached hydrogen (secondary N) is 1. The molecule has 0 aliphatic carbocycles. The van der Waals surface area contributed by atoms with Crippen molar-refractivity contribution in [3.63, 3.8) is 0 Å². The van der Waals surface area contributed by atoms with Gasteiger partial charge in [-0.05, 0) is 30.5 Å². The third kappa shape index (κ3) is 4.17. The second kappa shape index (κ2) is 8.21. The largest absolute Gasteiger partial charge is 0.312 e. The minimum absolute atomic E-state index is 0.347. The monoisotopic (exact) mass is 273 g/mol. The Morgan fingerprint density at radius 1 is 1.15 bits per heavy atom. The number of rotatable bonds is 8. The number of carbonyl (C=O) groups excluding carboxylic acids is 1. The Morgan fingerprint density at radius 3 is 2.80 bits per heavy atom. The van der Waals surface area contributed by atoms with Gasteiger partial charge in [0, 0.05) is 18.5 Å². The number of unbranched alkanes of at least 4 members (excludes halogenated alkanes) is 5. The van der Waals surface area contributed by atoms with Crippen LogP contribution in [0.5, 0.6) is 0 Å². The fourth-order valence-electron chi connectivity index (χ4n) is 2.99. The zero-order chi connectivity index (χ0) is 14.2. The molecule has 2 nitrogen and oxygen atoms in total. The Labute approximate surface area is 123 Å². The summed E-state index contributed by atoms with van der Waals surface area (Å²) < 4.78 is 0. The SMILES string of the molecule is CCCCCCCCC(=O)c1cccc2c1CCNC2. The summed E-state index contributed by atoms with van der Waals surface area (Å²) in [7, 11) is 0. The van der Waals surface area contributed by atoms with Gasteiger partial charge < -0.3 is 5.32 Å². The summed E-state index contributed by atoms with van der Waals surface area (Å²) in [6, 6.07) is 6.19. The van der Waals surface area contributed by atoms with E-state index in [9.17, 15) is 4.79 Å². The number of Topliss-reactive ketones (excluding diaryl/α,β-unsaturated/α-hetero) is 1. The summed E-state index contributed by atoms with van der Waals surface area (Å²) in [4.78, 5) is 12.4. The van der Waals surface area contributed by atoms with E-state index in [0.29, 0.717) is 5.78 Å². The normalized spacial score (nSPS) is 14.1. The molecule has 0 saturated carbocycles. The minimum Gasteiger partial charge on any atom is -0.312 e. The third-order valence-corrected chi connectivity index (χ3v) is 4.20. The second-order valence-corrected chi connectivity index (χ2v) is 5.81. The number of ketones is 1. The van der Waals surface area contributed by atoms with Gasteiger partial charge in [-0.1, -0.05) is 57.2 Å². The van der Waals surface area contributed by atoms with E-state index in [1.165, 1.54) is 43.2 Å². The molecule has 0 atom stereocenters. The molecule has 0 unspecified atom stereocenters. The van der Waals surface area contributed by atoms with Gasteiger partial charge in [0.05, 0.1) is 0 Å². The third-order valence-electron chi connectivity index (χ3n) is 4.20. The van der Waals surface area contributed by atoms with Gasteiger partial charge in [0.25, 0.3) is 0 Å². The lowest BCUT2D eigenvalue weighted by atomic mass is 9.91. The maximum atomic E-state index is 12.4. The molecule has 0 aromatic heterocycles. The van der Waals surface area contributed by atoms with Crippen LogP contribution in [-0.4, -0.2) is 12.3 Å². The van der Waals surface area contributed by atoms with E-state index in [2.05, 4.69) is 18.3 Å². The average Bonchev–Trinajstić information content (AvgIpc) is 2.50. The standard InChI is InChI=1S/C18H27NO/c1-2-3-4-5-6-7-11-18(20)17-10-8-9-15-14-19-13-12-16(15)17/h8-10,19H,2-7,11-14H2,1H3. The summed E-state index contributed by atoms with van der Waals surface area (Å²) in [6.07, 6.45) is 9.15. The predicted octanol–water partition coefficient (Wildman–Crippen LogP) is 4.27. The van der Waals surface area contributed by atoms with Gasteiger partial charge in [0.2, 0.25) is 0 Å². The smallest absolute Gasteiger partial charge is 0.163 e. The van der Waals surface area contributed by atoms with Crippen molar-refractivity contribution in [2.45, 2.75) is 64.8 Å². The van der Waals surface area contributed by atoms with E-state index in [1.807, 2.05) is 12.1 Å². The number of benzene rings is 1. The maximum absolute atomic E-state index is 12.4. The molecule has 0 radical (unpaired) electrons. The van der Waals surface area contributed by atoms with E-state index in [4.69, 9.17) is 0 Å². The number of fused-ring (bicyclic) bond motifs is 1. The Hall–Kier alpha value is -1.15. The molecular formula is C18H27NO. The molecule has 20 heavy (non-hydrogen) atoms. The van der Waals surface area contributed by atoms with Crippen LogP contribution in [0.4, 0.5) is 0 Å². The highest BCUT2D eigenvalue weighted by molar-refractivity contribution is 5.97. The molecule has 1 N–H and O–H groups in total. The highest BCUT2D eigenvalue weighted by Gasteiger charge is 2.16. The number of hydrogen-bond acceptors (Lipinski definition) is 2. The average molecular weight is 273 g/mol. The first-order chi connectivity index (χ1) is 9.83. The van der Waals surface area contributed by atoms with Gasteiger partial charge in [0.1, 0.15) is 0 Å². The lowest BCUT2D eigenvalue weighted by molar-refractivity contribution is 0.0978. The molecule has 0 fully saturated rings. The molecule has 1 aliphatic rings. The first kappa shape index (κ1) is 15.2. The molecule has 1 aliphatic heterocycles. The molecule has 0 saturated heterocycles. The summed E-state index contributed by atoms with van der Waals surface area (Å²) in [6.45, 7) is 4.14.